The standard InChI is InChI=1S/C9H10NO2/c1-6-3-4-7(9(10)11)8(5-6)12-2/h3-5,10H,1-2H3. The van der Waals surface area contributed by atoms with E-state index in [9.17, 15) is 4.79 Å². The lowest BCUT2D eigenvalue weighted by Gasteiger charge is -2.04. The fraction of sp³-hybridized carbons (Fsp3) is 0.222. The van der Waals surface area contributed by atoms with Crippen LogP contribution in [0.1, 0.15) is 15.9 Å². The zero-order valence-electron chi connectivity index (χ0n) is 7.05. The number of carbonyl (C=O) groups is 1. The van der Waals surface area contributed by atoms with Crippen molar-refractivity contribution in [3.05, 3.63) is 29.3 Å². The molecule has 0 unspecified atom stereocenters. The lowest BCUT2D eigenvalue weighted by molar-refractivity contribution is 0.0989. The molecule has 63 valence electrons. The number of carbonyl (C=O) groups excluding carboxylic acids is 1. The Balaban J connectivity index is 3.20. The number of hydrogen-bond acceptors (Lipinski definition) is 2. The van der Waals surface area contributed by atoms with E-state index in [1.165, 1.54) is 7.11 Å². The molecule has 0 heterocycles. The molecule has 0 saturated heterocycles. The molecule has 3 heteroatoms. The zero-order valence-corrected chi connectivity index (χ0v) is 7.05. The Bertz CT molecular complexity index is 307. The van der Waals surface area contributed by atoms with E-state index in [0.29, 0.717) is 11.3 Å². The average Bonchev–Trinajstić information content (AvgIpc) is 2.03. The third-order valence-electron chi connectivity index (χ3n) is 1.60. The van der Waals surface area contributed by atoms with Gasteiger partial charge in [0.15, 0.2) is 0 Å². The molecule has 1 amide bonds. The Morgan fingerprint density at radius 3 is 2.67 bits per heavy atom. The minimum atomic E-state index is -0.716. The second-order valence-electron chi connectivity index (χ2n) is 2.53. The molecule has 1 radical (unpaired) electrons. The van der Waals surface area contributed by atoms with Gasteiger partial charge in [-0.15, -0.1) is 0 Å². The molecule has 0 aliphatic carbocycles. The van der Waals surface area contributed by atoms with Gasteiger partial charge in [0, 0.05) is 0 Å². The Labute approximate surface area is 71.1 Å². The number of benzene rings is 1. The zero-order chi connectivity index (χ0) is 9.14. The van der Waals surface area contributed by atoms with E-state index >= 15 is 0 Å². The van der Waals surface area contributed by atoms with Gasteiger partial charge in [0.2, 0.25) is 0 Å². The topological polar surface area (TPSA) is 50.1 Å². The third kappa shape index (κ3) is 1.56. The molecule has 3 nitrogen and oxygen atoms in total. The number of nitrogens with one attached hydrogen (secondary N) is 1. The van der Waals surface area contributed by atoms with Gasteiger partial charge in [0.05, 0.1) is 12.7 Å². The molecule has 1 rings (SSSR count). The molecule has 1 aromatic rings. The van der Waals surface area contributed by atoms with Gasteiger partial charge in [-0.3, -0.25) is 10.5 Å². The summed E-state index contributed by atoms with van der Waals surface area (Å²) in [5, 5.41) is 0. The van der Waals surface area contributed by atoms with Gasteiger partial charge < -0.3 is 4.74 Å². The Morgan fingerprint density at radius 2 is 2.17 bits per heavy atom. The quantitative estimate of drug-likeness (QED) is 0.663. The van der Waals surface area contributed by atoms with E-state index in [1.807, 2.05) is 6.92 Å². The minimum absolute atomic E-state index is 0.308. The van der Waals surface area contributed by atoms with Crippen LogP contribution in [-0.4, -0.2) is 13.0 Å². The summed E-state index contributed by atoms with van der Waals surface area (Å²) >= 11 is 0. The monoisotopic (exact) mass is 164 g/mol. The van der Waals surface area contributed by atoms with E-state index in [2.05, 4.69) is 0 Å². The Hall–Kier alpha value is -1.51. The predicted octanol–water partition coefficient (Wildman–Crippen LogP) is 1.43. The van der Waals surface area contributed by atoms with Crippen molar-refractivity contribution in [3.8, 4) is 5.75 Å². The highest BCUT2D eigenvalue weighted by atomic mass is 16.5. The number of methoxy groups -OCH3 is 1. The molecule has 1 aromatic carbocycles. The first-order valence-electron chi connectivity index (χ1n) is 3.55. The van der Waals surface area contributed by atoms with Crippen LogP contribution in [0.2, 0.25) is 0 Å². The van der Waals surface area contributed by atoms with Crippen LogP contribution < -0.4 is 10.5 Å². The molecule has 0 saturated carbocycles. The maximum absolute atomic E-state index is 10.7. The van der Waals surface area contributed by atoms with Crippen molar-refractivity contribution in [2.45, 2.75) is 6.92 Å². The van der Waals surface area contributed by atoms with Crippen molar-refractivity contribution in [3.63, 3.8) is 0 Å². The van der Waals surface area contributed by atoms with Crippen LogP contribution >= 0.6 is 0 Å². The lowest BCUT2D eigenvalue weighted by atomic mass is 10.1. The SMILES string of the molecule is COc1cc(C)ccc1C([NH])=O. The summed E-state index contributed by atoms with van der Waals surface area (Å²) in [6.45, 7) is 1.90. The van der Waals surface area contributed by atoms with E-state index in [0.717, 1.165) is 5.56 Å². The summed E-state index contributed by atoms with van der Waals surface area (Å²) in [5.41, 5.74) is 8.23. The largest absolute Gasteiger partial charge is 0.496 e. The number of ether oxygens (including phenoxy) is 1. The maximum Gasteiger partial charge on any atom is 0.273 e. The lowest BCUT2D eigenvalue weighted by Crippen LogP contribution is -2.02. The molecule has 0 aromatic heterocycles. The van der Waals surface area contributed by atoms with Crippen molar-refractivity contribution >= 4 is 5.91 Å². The molecule has 0 atom stereocenters. The van der Waals surface area contributed by atoms with Gasteiger partial charge in [0.1, 0.15) is 5.75 Å². The molecule has 0 fully saturated rings. The first-order valence-corrected chi connectivity index (χ1v) is 3.55. The predicted molar refractivity (Wildman–Crippen MR) is 45.2 cm³/mol. The van der Waals surface area contributed by atoms with Gasteiger partial charge in [-0.25, -0.2) is 0 Å². The van der Waals surface area contributed by atoms with Crippen LogP contribution in [0.3, 0.4) is 0 Å². The van der Waals surface area contributed by atoms with Crippen LogP contribution in [0.25, 0.3) is 0 Å². The number of amides is 1. The second-order valence-corrected chi connectivity index (χ2v) is 2.53. The highest BCUT2D eigenvalue weighted by molar-refractivity contribution is 5.95. The van der Waals surface area contributed by atoms with Gasteiger partial charge in [-0.1, -0.05) is 6.07 Å². The van der Waals surface area contributed by atoms with Crippen LogP contribution in [-0.2, 0) is 0 Å². The van der Waals surface area contributed by atoms with Crippen molar-refractivity contribution in [1.29, 1.82) is 0 Å². The third-order valence-corrected chi connectivity index (χ3v) is 1.60. The summed E-state index contributed by atoms with van der Waals surface area (Å²) in [7, 11) is 1.49. The van der Waals surface area contributed by atoms with Gasteiger partial charge in [-0.2, -0.15) is 0 Å². The van der Waals surface area contributed by atoms with E-state index in [-0.39, 0.29) is 0 Å². The molecule has 0 aliphatic rings. The Morgan fingerprint density at radius 1 is 1.50 bits per heavy atom. The molecular formula is C9H10NO2. The minimum Gasteiger partial charge on any atom is -0.496 e. The molecule has 12 heavy (non-hydrogen) atoms. The number of aryl methyl sites for hydroxylation is 1. The summed E-state index contributed by atoms with van der Waals surface area (Å²) in [6.07, 6.45) is 0. The van der Waals surface area contributed by atoms with E-state index in [1.54, 1.807) is 18.2 Å². The number of hydrogen-bond donors (Lipinski definition) is 0. The van der Waals surface area contributed by atoms with Crippen LogP contribution in [0.5, 0.6) is 5.75 Å². The summed E-state index contributed by atoms with van der Waals surface area (Å²) in [4.78, 5) is 10.7. The molecule has 0 bridgehead atoms. The van der Waals surface area contributed by atoms with Crippen LogP contribution in [0.4, 0.5) is 0 Å². The summed E-state index contributed by atoms with van der Waals surface area (Å²) in [5.74, 6) is -0.248. The van der Waals surface area contributed by atoms with E-state index in [4.69, 9.17) is 10.5 Å². The highest BCUT2D eigenvalue weighted by Gasteiger charge is 2.08. The maximum atomic E-state index is 10.7. The first kappa shape index (κ1) is 8.59. The fourth-order valence-electron chi connectivity index (χ4n) is 0.986. The summed E-state index contributed by atoms with van der Waals surface area (Å²) in [6, 6.07) is 5.12. The molecule has 1 N–H and O–H groups in total. The summed E-state index contributed by atoms with van der Waals surface area (Å²) < 4.78 is 4.95. The van der Waals surface area contributed by atoms with Crippen LogP contribution in [0, 0.1) is 6.92 Å². The van der Waals surface area contributed by atoms with Gasteiger partial charge in [-0.05, 0) is 24.6 Å². The smallest absolute Gasteiger partial charge is 0.273 e. The highest BCUT2D eigenvalue weighted by Crippen LogP contribution is 2.19. The first-order chi connectivity index (χ1) is 5.65. The van der Waals surface area contributed by atoms with Gasteiger partial charge >= 0.3 is 0 Å². The molecule has 0 spiro atoms. The van der Waals surface area contributed by atoms with Crippen molar-refractivity contribution in [2.24, 2.45) is 0 Å². The fourth-order valence-corrected chi connectivity index (χ4v) is 0.986. The Kier molecular flexibility index (Phi) is 2.33. The van der Waals surface area contributed by atoms with Crippen molar-refractivity contribution in [1.82, 2.24) is 5.73 Å². The average molecular weight is 164 g/mol. The number of rotatable bonds is 2. The van der Waals surface area contributed by atoms with Crippen molar-refractivity contribution in [2.75, 3.05) is 7.11 Å². The molecule has 0 aliphatic heterocycles. The second kappa shape index (κ2) is 3.26. The normalized spacial score (nSPS) is 9.50. The van der Waals surface area contributed by atoms with Crippen LogP contribution in [0.15, 0.2) is 18.2 Å². The van der Waals surface area contributed by atoms with Gasteiger partial charge in [0.25, 0.3) is 5.91 Å². The van der Waals surface area contributed by atoms with Crippen molar-refractivity contribution < 1.29 is 9.53 Å². The van der Waals surface area contributed by atoms with E-state index < -0.39 is 5.91 Å². The molecular weight excluding hydrogens is 154 g/mol.